The molecule has 1 aliphatic rings. The number of thioether (sulfide) groups is 1. The van der Waals surface area contributed by atoms with E-state index in [1.165, 1.54) is 11.8 Å². The van der Waals surface area contributed by atoms with E-state index < -0.39 is 5.97 Å². The van der Waals surface area contributed by atoms with E-state index in [4.69, 9.17) is 4.74 Å². The molecule has 2 aromatic carbocycles. The average Bonchev–Trinajstić information content (AvgIpc) is 2.85. The second kappa shape index (κ2) is 7.88. The summed E-state index contributed by atoms with van der Waals surface area (Å²) < 4.78 is 5.82. The minimum Gasteiger partial charge on any atom is -0.427 e. The van der Waals surface area contributed by atoms with Gasteiger partial charge in [0.1, 0.15) is 5.75 Å². The van der Waals surface area contributed by atoms with Crippen molar-refractivity contribution < 1.29 is 19.1 Å². The van der Waals surface area contributed by atoms with E-state index in [0.29, 0.717) is 10.7 Å². The van der Waals surface area contributed by atoms with Crippen molar-refractivity contribution in [2.75, 3.05) is 0 Å². The summed E-state index contributed by atoms with van der Waals surface area (Å²) in [7, 11) is 0. The van der Waals surface area contributed by atoms with Crippen LogP contribution < -0.4 is 4.74 Å². The minimum absolute atomic E-state index is 0.217. The van der Waals surface area contributed by atoms with Crippen molar-refractivity contribution in [3.8, 4) is 5.75 Å². The zero-order chi connectivity index (χ0) is 18.7. The van der Waals surface area contributed by atoms with Gasteiger partial charge in [0, 0.05) is 11.4 Å². The van der Waals surface area contributed by atoms with Crippen molar-refractivity contribution >= 4 is 50.9 Å². The first-order chi connectivity index (χ1) is 12.4. The highest BCUT2D eigenvalue weighted by molar-refractivity contribution is 9.10. The summed E-state index contributed by atoms with van der Waals surface area (Å²) in [5.41, 5.74) is 1.61. The van der Waals surface area contributed by atoms with Gasteiger partial charge in [-0.25, -0.2) is 0 Å². The number of esters is 1. The van der Waals surface area contributed by atoms with Crippen LogP contribution in [-0.2, 0) is 16.1 Å². The molecule has 0 N–H and O–H groups in total. The Kier molecular flexibility index (Phi) is 5.58. The predicted molar refractivity (Wildman–Crippen MR) is 103 cm³/mol. The minimum atomic E-state index is -0.397. The van der Waals surface area contributed by atoms with Gasteiger partial charge in [-0.1, -0.05) is 46.3 Å². The molecule has 1 fully saturated rings. The molecular weight excluding hydrogens is 418 g/mol. The first kappa shape index (κ1) is 18.4. The number of ether oxygens (including phenoxy) is 1. The van der Waals surface area contributed by atoms with Crippen LogP contribution in [0, 0.1) is 0 Å². The number of carbonyl (C=O) groups excluding carboxylic acids is 3. The second-order valence-electron chi connectivity index (χ2n) is 5.52. The van der Waals surface area contributed by atoms with Gasteiger partial charge < -0.3 is 4.74 Å². The molecule has 0 aromatic heterocycles. The van der Waals surface area contributed by atoms with Crippen molar-refractivity contribution in [1.29, 1.82) is 0 Å². The van der Waals surface area contributed by atoms with Crippen LogP contribution in [0.3, 0.4) is 0 Å². The van der Waals surface area contributed by atoms with Crippen LogP contribution in [0.4, 0.5) is 4.79 Å². The summed E-state index contributed by atoms with van der Waals surface area (Å²) in [6, 6.07) is 14.2. The van der Waals surface area contributed by atoms with Crippen molar-refractivity contribution in [3.63, 3.8) is 0 Å². The lowest BCUT2D eigenvalue weighted by Gasteiger charge is -2.13. The molecule has 0 spiro atoms. The zero-order valence-corrected chi connectivity index (χ0v) is 16.2. The van der Waals surface area contributed by atoms with Gasteiger partial charge in [-0.05, 0) is 47.2 Å². The maximum atomic E-state index is 12.6. The maximum absolute atomic E-state index is 12.6. The summed E-state index contributed by atoms with van der Waals surface area (Å²) in [6.07, 6.45) is 1.66. The van der Waals surface area contributed by atoms with Crippen molar-refractivity contribution in [2.45, 2.75) is 13.5 Å². The summed E-state index contributed by atoms with van der Waals surface area (Å²) in [4.78, 5) is 37.3. The lowest BCUT2D eigenvalue weighted by Crippen LogP contribution is -2.27. The highest BCUT2D eigenvalue weighted by Gasteiger charge is 2.35. The standard InChI is InChI=1S/C19H14BrNO4S/c1-12(22)25-15-8-6-13(7-9-15)10-17-18(23)21(19(24)26-17)11-14-4-2-3-5-16(14)20/h2-10H,11H2,1H3. The van der Waals surface area contributed by atoms with Crippen LogP contribution >= 0.6 is 27.7 Å². The molecule has 0 atom stereocenters. The quantitative estimate of drug-likeness (QED) is 0.401. The number of amides is 2. The average molecular weight is 432 g/mol. The van der Waals surface area contributed by atoms with E-state index >= 15 is 0 Å². The highest BCUT2D eigenvalue weighted by atomic mass is 79.9. The molecule has 3 rings (SSSR count). The molecule has 2 amide bonds. The molecule has 1 saturated heterocycles. The first-order valence-electron chi connectivity index (χ1n) is 7.71. The number of carbonyl (C=O) groups is 3. The van der Waals surface area contributed by atoms with Gasteiger partial charge in [0.05, 0.1) is 11.4 Å². The largest absolute Gasteiger partial charge is 0.427 e. The molecule has 7 heteroatoms. The topological polar surface area (TPSA) is 63.7 Å². The first-order valence-corrected chi connectivity index (χ1v) is 9.32. The molecule has 0 saturated carbocycles. The van der Waals surface area contributed by atoms with Gasteiger partial charge in [0.15, 0.2) is 0 Å². The number of halogens is 1. The van der Waals surface area contributed by atoms with Crippen LogP contribution in [0.2, 0.25) is 0 Å². The number of hydrogen-bond acceptors (Lipinski definition) is 5. The molecule has 132 valence electrons. The Hall–Kier alpha value is -2.38. The van der Waals surface area contributed by atoms with Crippen LogP contribution in [-0.4, -0.2) is 22.0 Å². The molecule has 0 radical (unpaired) electrons. The summed E-state index contributed by atoms with van der Waals surface area (Å²) in [6.45, 7) is 1.55. The lowest BCUT2D eigenvalue weighted by molar-refractivity contribution is -0.131. The summed E-state index contributed by atoms with van der Waals surface area (Å²) in [5.74, 6) is -0.289. The number of imide groups is 1. The summed E-state index contributed by atoms with van der Waals surface area (Å²) in [5, 5.41) is -0.298. The van der Waals surface area contributed by atoms with Crippen LogP contribution in [0.1, 0.15) is 18.1 Å². The van der Waals surface area contributed by atoms with Crippen LogP contribution in [0.25, 0.3) is 6.08 Å². The molecule has 0 bridgehead atoms. The normalized spacial score (nSPS) is 15.6. The molecule has 26 heavy (non-hydrogen) atoms. The number of nitrogens with zero attached hydrogens (tertiary/aromatic N) is 1. The Labute approximate surface area is 163 Å². The van der Waals surface area contributed by atoms with Crippen LogP contribution in [0.15, 0.2) is 57.9 Å². The third-order valence-corrected chi connectivity index (χ3v) is 5.28. The number of rotatable bonds is 4. The molecule has 1 aliphatic heterocycles. The van der Waals surface area contributed by atoms with Crippen molar-refractivity contribution in [3.05, 3.63) is 69.0 Å². The fraction of sp³-hybridized carbons (Fsp3) is 0.105. The predicted octanol–water partition coefficient (Wildman–Crippen LogP) is 4.61. The van der Waals surface area contributed by atoms with Crippen LogP contribution in [0.5, 0.6) is 5.75 Å². The van der Waals surface area contributed by atoms with Gasteiger partial charge in [-0.3, -0.25) is 19.3 Å². The van der Waals surface area contributed by atoms with Crippen molar-refractivity contribution in [2.24, 2.45) is 0 Å². The Bertz CT molecular complexity index is 908. The Balaban J connectivity index is 1.76. The monoisotopic (exact) mass is 431 g/mol. The summed E-state index contributed by atoms with van der Waals surface area (Å²) >= 11 is 4.34. The Morgan fingerprint density at radius 3 is 2.50 bits per heavy atom. The van der Waals surface area contributed by atoms with E-state index in [1.807, 2.05) is 24.3 Å². The molecule has 5 nitrogen and oxygen atoms in total. The van der Waals surface area contributed by atoms with E-state index in [2.05, 4.69) is 15.9 Å². The Morgan fingerprint density at radius 2 is 1.85 bits per heavy atom. The fourth-order valence-corrected chi connectivity index (χ4v) is 3.63. The molecular formula is C19H14BrNO4S. The molecule has 1 heterocycles. The van der Waals surface area contributed by atoms with Gasteiger partial charge in [-0.2, -0.15) is 0 Å². The number of benzene rings is 2. The van der Waals surface area contributed by atoms with Gasteiger partial charge in [-0.15, -0.1) is 0 Å². The van der Waals surface area contributed by atoms with Gasteiger partial charge >= 0.3 is 5.97 Å². The zero-order valence-electron chi connectivity index (χ0n) is 13.8. The lowest BCUT2D eigenvalue weighted by atomic mass is 10.2. The van der Waals surface area contributed by atoms with Gasteiger partial charge in [0.2, 0.25) is 0 Å². The second-order valence-corrected chi connectivity index (χ2v) is 7.37. The Morgan fingerprint density at radius 1 is 1.15 bits per heavy atom. The SMILES string of the molecule is CC(=O)Oc1ccc(C=C2SC(=O)N(Cc3ccccc3Br)C2=O)cc1. The van der Waals surface area contributed by atoms with E-state index in [9.17, 15) is 14.4 Å². The molecule has 0 aliphatic carbocycles. The number of hydrogen-bond donors (Lipinski definition) is 0. The van der Waals surface area contributed by atoms with Crippen molar-refractivity contribution in [1.82, 2.24) is 4.90 Å². The maximum Gasteiger partial charge on any atom is 0.308 e. The smallest absolute Gasteiger partial charge is 0.308 e. The van der Waals surface area contributed by atoms with Gasteiger partial charge in [0.25, 0.3) is 11.1 Å². The highest BCUT2D eigenvalue weighted by Crippen LogP contribution is 2.34. The third-order valence-electron chi connectivity index (χ3n) is 3.60. The van der Waals surface area contributed by atoms with E-state index in [-0.39, 0.29) is 17.7 Å². The third kappa shape index (κ3) is 4.23. The van der Waals surface area contributed by atoms with E-state index in [1.54, 1.807) is 30.3 Å². The van der Waals surface area contributed by atoms with E-state index in [0.717, 1.165) is 27.4 Å². The fourth-order valence-electron chi connectivity index (χ4n) is 2.38. The molecule has 2 aromatic rings. The molecule has 0 unspecified atom stereocenters.